The number of carbonyl (C=O) groups is 1. The van der Waals surface area contributed by atoms with E-state index in [-0.39, 0.29) is 17.4 Å². The molecule has 1 aromatic heterocycles. The second-order valence-electron chi connectivity index (χ2n) is 6.72. The number of rotatable bonds is 4. The maximum Gasteiger partial charge on any atom is 0.252 e. The Labute approximate surface area is 137 Å². The molecule has 0 aliphatic rings. The fraction of sp³-hybridized carbons (Fsp3) is 0.421. The normalized spacial score (nSPS) is 13.0. The van der Waals surface area contributed by atoms with Crippen LogP contribution in [0, 0.1) is 0 Å². The lowest BCUT2D eigenvalue weighted by Gasteiger charge is -2.20. The zero-order chi connectivity index (χ0) is 16.3. The highest BCUT2D eigenvalue weighted by molar-refractivity contribution is 7.10. The lowest BCUT2D eigenvalue weighted by Crippen LogP contribution is -2.26. The summed E-state index contributed by atoms with van der Waals surface area (Å²) in [4.78, 5) is 13.5. The van der Waals surface area contributed by atoms with E-state index in [4.69, 9.17) is 0 Å². The standard InChI is InChI=1S/C19H25NOS/c1-6-17-11-15(12-22-17)18(21)20-13(2)14-7-9-16(10-8-14)19(3,4)5/h7-13H,6H2,1-5H3,(H,20,21). The zero-order valence-electron chi connectivity index (χ0n) is 14.1. The molecule has 2 aromatic rings. The Balaban J connectivity index is 2.05. The Morgan fingerprint density at radius 1 is 1.23 bits per heavy atom. The van der Waals surface area contributed by atoms with Crippen molar-refractivity contribution in [2.24, 2.45) is 0 Å². The summed E-state index contributed by atoms with van der Waals surface area (Å²) in [6.07, 6.45) is 0.974. The van der Waals surface area contributed by atoms with Crippen LogP contribution in [0.25, 0.3) is 0 Å². The van der Waals surface area contributed by atoms with Gasteiger partial charge >= 0.3 is 0 Å². The largest absolute Gasteiger partial charge is 0.345 e. The Kier molecular flexibility index (Phi) is 5.07. The van der Waals surface area contributed by atoms with E-state index in [2.05, 4.69) is 57.3 Å². The molecule has 1 heterocycles. The van der Waals surface area contributed by atoms with Gasteiger partial charge in [0.1, 0.15) is 0 Å². The van der Waals surface area contributed by atoms with Gasteiger partial charge in [-0.25, -0.2) is 0 Å². The Morgan fingerprint density at radius 2 is 1.86 bits per heavy atom. The summed E-state index contributed by atoms with van der Waals surface area (Å²) in [5, 5.41) is 5.01. The SMILES string of the molecule is CCc1cc(C(=O)NC(C)c2ccc(C(C)(C)C)cc2)cs1. The third kappa shape index (κ3) is 3.98. The summed E-state index contributed by atoms with van der Waals surface area (Å²) in [6, 6.07) is 10.5. The molecule has 1 atom stereocenters. The molecule has 118 valence electrons. The fourth-order valence-electron chi connectivity index (χ4n) is 2.32. The average molecular weight is 315 g/mol. The van der Waals surface area contributed by atoms with Gasteiger partial charge in [0.2, 0.25) is 0 Å². The molecular weight excluding hydrogens is 290 g/mol. The second kappa shape index (κ2) is 6.66. The number of amides is 1. The monoisotopic (exact) mass is 315 g/mol. The molecule has 0 aliphatic heterocycles. The lowest BCUT2D eigenvalue weighted by atomic mass is 9.86. The summed E-state index contributed by atoms with van der Waals surface area (Å²) >= 11 is 1.64. The van der Waals surface area contributed by atoms with Gasteiger partial charge in [-0.2, -0.15) is 0 Å². The van der Waals surface area contributed by atoms with Crippen molar-refractivity contribution in [2.45, 2.75) is 52.5 Å². The van der Waals surface area contributed by atoms with E-state index in [9.17, 15) is 4.79 Å². The molecule has 2 nitrogen and oxygen atoms in total. The molecule has 0 saturated carbocycles. The molecule has 0 radical (unpaired) electrons. The van der Waals surface area contributed by atoms with Crippen LogP contribution in [-0.2, 0) is 11.8 Å². The van der Waals surface area contributed by atoms with E-state index >= 15 is 0 Å². The van der Waals surface area contributed by atoms with Crippen molar-refractivity contribution in [1.82, 2.24) is 5.32 Å². The summed E-state index contributed by atoms with van der Waals surface area (Å²) < 4.78 is 0. The van der Waals surface area contributed by atoms with E-state index in [0.29, 0.717) is 0 Å². The summed E-state index contributed by atoms with van der Waals surface area (Å²) in [5.41, 5.74) is 3.35. The molecule has 2 rings (SSSR count). The molecule has 1 amide bonds. The smallest absolute Gasteiger partial charge is 0.252 e. The van der Waals surface area contributed by atoms with E-state index in [1.54, 1.807) is 11.3 Å². The number of nitrogens with one attached hydrogen (secondary N) is 1. The molecule has 1 N–H and O–H groups in total. The third-order valence-electron chi connectivity index (χ3n) is 3.89. The number of thiophene rings is 1. The first kappa shape index (κ1) is 16.8. The molecule has 0 fully saturated rings. The van der Waals surface area contributed by atoms with Gasteiger partial charge in [-0.15, -0.1) is 11.3 Å². The van der Waals surface area contributed by atoms with E-state index < -0.39 is 0 Å². The Bertz CT molecular complexity index is 634. The first-order chi connectivity index (χ1) is 10.3. The number of hydrogen-bond donors (Lipinski definition) is 1. The van der Waals surface area contributed by atoms with Crippen LogP contribution >= 0.6 is 11.3 Å². The van der Waals surface area contributed by atoms with Crippen molar-refractivity contribution in [1.29, 1.82) is 0 Å². The van der Waals surface area contributed by atoms with Crippen molar-refractivity contribution in [3.63, 3.8) is 0 Å². The molecule has 1 unspecified atom stereocenters. The first-order valence-corrected chi connectivity index (χ1v) is 8.68. The number of benzene rings is 1. The van der Waals surface area contributed by atoms with Gasteiger partial charge in [-0.1, -0.05) is 52.0 Å². The Morgan fingerprint density at radius 3 is 2.36 bits per heavy atom. The van der Waals surface area contributed by atoms with Crippen LogP contribution in [0.1, 0.15) is 67.0 Å². The van der Waals surface area contributed by atoms with E-state index in [1.165, 1.54) is 10.4 Å². The minimum Gasteiger partial charge on any atom is -0.345 e. The topological polar surface area (TPSA) is 29.1 Å². The third-order valence-corrected chi connectivity index (χ3v) is 4.97. The minimum absolute atomic E-state index is 0.00310. The number of hydrogen-bond acceptors (Lipinski definition) is 2. The van der Waals surface area contributed by atoms with Crippen molar-refractivity contribution in [3.05, 3.63) is 57.3 Å². The zero-order valence-corrected chi connectivity index (χ0v) is 14.9. The maximum absolute atomic E-state index is 12.3. The molecule has 0 bridgehead atoms. The second-order valence-corrected chi connectivity index (χ2v) is 7.72. The van der Waals surface area contributed by atoms with Crippen molar-refractivity contribution in [3.8, 4) is 0 Å². The van der Waals surface area contributed by atoms with E-state index in [0.717, 1.165) is 17.5 Å². The minimum atomic E-state index is 0.00310. The maximum atomic E-state index is 12.3. The van der Waals surface area contributed by atoms with Crippen LogP contribution in [0.3, 0.4) is 0 Å². The first-order valence-electron chi connectivity index (χ1n) is 7.80. The van der Waals surface area contributed by atoms with Gasteiger partial charge in [0.05, 0.1) is 11.6 Å². The molecule has 1 aromatic carbocycles. The van der Waals surface area contributed by atoms with Crippen molar-refractivity contribution in [2.75, 3.05) is 0 Å². The number of aryl methyl sites for hydroxylation is 1. The predicted octanol–water partition coefficient (Wildman–Crippen LogP) is 5.10. The Hall–Kier alpha value is -1.61. The molecule has 22 heavy (non-hydrogen) atoms. The van der Waals surface area contributed by atoms with Crippen LogP contribution in [0.15, 0.2) is 35.7 Å². The highest BCUT2D eigenvalue weighted by Crippen LogP contribution is 2.24. The molecular formula is C19H25NOS. The summed E-state index contributed by atoms with van der Waals surface area (Å²) in [5.74, 6) is 0.00310. The predicted molar refractivity (Wildman–Crippen MR) is 94.7 cm³/mol. The molecule has 0 aliphatic carbocycles. The summed E-state index contributed by atoms with van der Waals surface area (Å²) in [7, 11) is 0. The quantitative estimate of drug-likeness (QED) is 0.835. The van der Waals surface area contributed by atoms with Crippen molar-refractivity contribution >= 4 is 17.2 Å². The van der Waals surface area contributed by atoms with Crippen LogP contribution in [-0.4, -0.2) is 5.91 Å². The van der Waals surface area contributed by atoms with Crippen LogP contribution in [0.5, 0.6) is 0 Å². The number of carbonyl (C=O) groups excluding carboxylic acids is 1. The lowest BCUT2D eigenvalue weighted by molar-refractivity contribution is 0.0940. The molecule has 0 saturated heterocycles. The van der Waals surface area contributed by atoms with Gasteiger partial charge in [0.25, 0.3) is 5.91 Å². The van der Waals surface area contributed by atoms with Gasteiger partial charge in [0.15, 0.2) is 0 Å². The van der Waals surface area contributed by atoms with Gasteiger partial charge in [-0.05, 0) is 36.0 Å². The fourth-order valence-corrected chi connectivity index (χ4v) is 3.14. The summed E-state index contributed by atoms with van der Waals surface area (Å²) in [6.45, 7) is 10.7. The van der Waals surface area contributed by atoms with Gasteiger partial charge < -0.3 is 5.32 Å². The van der Waals surface area contributed by atoms with Crippen LogP contribution in [0.2, 0.25) is 0 Å². The van der Waals surface area contributed by atoms with Crippen molar-refractivity contribution < 1.29 is 4.79 Å². The van der Waals surface area contributed by atoms with Crippen LogP contribution < -0.4 is 5.32 Å². The van der Waals surface area contributed by atoms with Gasteiger partial charge in [0, 0.05) is 10.3 Å². The molecule has 3 heteroatoms. The van der Waals surface area contributed by atoms with Gasteiger partial charge in [-0.3, -0.25) is 4.79 Å². The highest BCUT2D eigenvalue weighted by Gasteiger charge is 2.16. The molecule has 0 spiro atoms. The highest BCUT2D eigenvalue weighted by atomic mass is 32.1. The van der Waals surface area contributed by atoms with E-state index in [1.807, 2.05) is 18.4 Å². The average Bonchev–Trinajstić information content (AvgIpc) is 2.95. The van der Waals surface area contributed by atoms with Crippen LogP contribution in [0.4, 0.5) is 0 Å².